The number of hydrogen-bond acceptors (Lipinski definition) is 7. The van der Waals surface area contributed by atoms with Crippen molar-refractivity contribution in [2.45, 2.75) is 58.8 Å². The molecule has 1 atom stereocenters. The van der Waals surface area contributed by atoms with Gasteiger partial charge in [-0.15, -0.1) is 0 Å². The molecular weight excluding hydrogens is 544 g/mol. The van der Waals surface area contributed by atoms with Gasteiger partial charge in [0.25, 0.3) is 0 Å². The number of amides is 1. The third kappa shape index (κ3) is 9.44. The number of Topliss-reactive ketones (excluding diaryl/α,β-unsaturated/α-hetero) is 1. The molecule has 9 heteroatoms. The van der Waals surface area contributed by atoms with Gasteiger partial charge in [0.05, 0.1) is 23.4 Å². The first-order valence-corrected chi connectivity index (χ1v) is 14.4. The molecule has 0 bridgehead atoms. The van der Waals surface area contributed by atoms with Crippen LogP contribution in [0.2, 0.25) is 0 Å². The van der Waals surface area contributed by atoms with Crippen molar-refractivity contribution >= 4 is 28.7 Å². The van der Waals surface area contributed by atoms with Gasteiger partial charge in [-0.25, -0.2) is 4.79 Å². The summed E-state index contributed by atoms with van der Waals surface area (Å²) in [5.41, 5.74) is 2.97. The van der Waals surface area contributed by atoms with Crippen molar-refractivity contribution in [3.8, 4) is 0 Å². The topological polar surface area (TPSA) is 122 Å². The van der Waals surface area contributed by atoms with Crippen LogP contribution < -0.4 is 5.32 Å². The number of benzene rings is 2. The molecule has 2 N–H and O–H groups in total. The Morgan fingerprint density at radius 1 is 0.907 bits per heavy atom. The molecule has 0 spiro atoms. The molecule has 0 aliphatic carbocycles. The van der Waals surface area contributed by atoms with Gasteiger partial charge in [0.1, 0.15) is 11.5 Å². The molecule has 0 saturated heterocycles. The summed E-state index contributed by atoms with van der Waals surface area (Å²) in [6.45, 7) is 7.02. The lowest BCUT2D eigenvalue weighted by Gasteiger charge is -2.27. The van der Waals surface area contributed by atoms with E-state index < -0.39 is 29.4 Å². The maximum Gasteiger partial charge on any atom is 0.410 e. The number of carbonyl (C=O) groups is 3. The van der Waals surface area contributed by atoms with E-state index in [1.807, 2.05) is 54.6 Å². The summed E-state index contributed by atoms with van der Waals surface area (Å²) in [6, 6.07) is 24.1. The third-order valence-corrected chi connectivity index (χ3v) is 6.77. The number of aliphatic carboxylic acids is 1. The molecular formula is C34H38N4O5. The number of carboxylic acid groups (broad SMARTS) is 1. The van der Waals surface area contributed by atoms with Crippen LogP contribution in [0.5, 0.6) is 0 Å². The van der Waals surface area contributed by atoms with E-state index in [-0.39, 0.29) is 19.5 Å². The zero-order valence-corrected chi connectivity index (χ0v) is 24.8. The fraction of sp³-hybridized carbons (Fsp3) is 0.324. The molecule has 0 fully saturated rings. The second kappa shape index (κ2) is 14.5. The van der Waals surface area contributed by atoms with E-state index in [1.165, 1.54) is 0 Å². The average molecular weight is 583 g/mol. The number of carbonyl (C=O) groups excluding carboxylic acids is 2. The number of hydrogen-bond donors (Lipinski definition) is 2. The van der Waals surface area contributed by atoms with Gasteiger partial charge in [-0.3, -0.25) is 24.5 Å². The lowest BCUT2D eigenvalue weighted by Crippen LogP contribution is -2.36. The van der Waals surface area contributed by atoms with Crippen LogP contribution >= 0.6 is 0 Å². The molecule has 0 aliphatic rings. The summed E-state index contributed by atoms with van der Waals surface area (Å²) in [5, 5.41) is 14.2. The van der Waals surface area contributed by atoms with Crippen molar-refractivity contribution in [2.24, 2.45) is 5.92 Å². The number of rotatable bonds is 13. The highest BCUT2D eigenvalue weighted by atomic mass is 16.6. The maximum atomic E-state index is 13.1. The SMILES string of the molecule is CC(C)(C)OC(=O)N(Cc1ccc(C(=O)C(CCCNCc2ccc3ccccc3n2)C(=O)O)cc1)Cc1ccccn1. The molecule has 1 amide bonds. The van der Waals surface area contributed by atoms with Gasteiger partial charge in [0.15, 0.2) is 5.78 Å². The van der Waals surface area contributed by atoms with Gasteiger partial charge >= 0.3 is 12.1 Å². The van der Waals surface area contributed by atoms with Gasteiger partial charge in [-0.1, -0.05) is 54.6 Å². The molecule has 224 valence electrons. The van der Waals surface area contributed by atoms with Crippen molar-refractivity contribution in [3.63, 3.8) is 0 Å². The summed E-state index contributed by atoms with van der Waals surface area (Å²) in [5.74, 6) is -2.72. The number of ketones is 1. The number of pyridine rings is 2. The van der Waals surface area contributed by atoms with E-state index in [0.717, 1.165) is 22.2 Å². The van der Waals surface area contributed by atoms with Crippen molar-refractivity contribution in [1.29, 1.82) is 0 Å². The number of fused-ring (bicyclic) bond motifs is 1. The Labute approximate surface area is 251 Å². The lowest BCUT2D eigenvalue weighted by molar-refractivity contribution is -0.140. The molecule has 2 aromatic heterocycles. The summed E-state index contributed by atoms with van der Waals surface area (Å²) >= 11 is 0. The van der Waals surface area contributed by atoms with Crippen molar-refractivity contribution in [1.82, 2.24) is 20.2 Å². The van der Waals surface area contributed by atoms with E-state index >= 15 is 0 Å². The summed E-state index contributed by atoms with van der Waals surface area (Å²) in [7, 11) is 0. The van der Waals surface area contributed by atoms with Crippen LogP contribution in [-0.4, -0.2) is 50.0 Å². The summed E-state index contributed by atoms with van der Waals surface area (Å²) < 4.78 is 5.59. The van der Waals surface area contributed by atoms with Gasteiger partial charge in [0.2, 0.25) is 0 Å². The number of para-hydroxylation sites is 1. The molecule has 9 nitrogen and oxygen atoms in total. The van der Waals surface area contributed by atoms with E-state index in [9.17, 15) is 19.5 Å². The fourth-order valence-corrected chi connectivity index (χ4v) is 4.62. The second-order valence-corrected chi connectivity index (χ2v) is 11.4. The molecule has 4 rings (SSSR count). The highest BCUT2D eigenvalue weighted by Gasteiger charge is 2.27. The Morgan fingerprint density at radius 3 is 2.35 bits per heavy atom. The predicted molar refractivity (Wildman–Crippen MR) is 164 cm³/mol. The maximum absolute atomic E-state index is 13.1. The Kier molecular flexibility index (Phi) is 10.6. The van der Waals surface area contributed by atoms with Gasteiger partial charge in [0, 0.05) is 30.2 Å². The normalized spacial score (nSPS) is 12.1. The minimum Gasteiger partial charge on any atom is -0.481 e. The molecule has 4 aromatic rings. The first-order chi connectivity index (χ1) is 20.6. The Bertz CT molecular complexity index is 1530. The van der Waals surface area contributed by atoms with Crippen LogP contribution in [-0.2, 0) is 29.2 Å². The minimum atomic E-state index is -1.14. The quantitative estimate of drug-likeness (QED) is 0.112. The van der Waals surface area contributed by atoms with Crippen molar-refractivity contribution in [3.05, 3.63) is 108 Å². The fourth-order valence-electron chi connectivity index (χ4n) is 4.62. The smallest absolute Gasteiger partial charge is 0.410 e. The predicted octanol–water partition coefficient (Wildman–Crippen LogP) is 6.02. The Hall–Kier alpha value is -4.63. The van der Waals surface area contributed by atoms with Crippen LogP contribution in [0.3, 0.4) is 0 Å². The van der Waals surface area contributed by atoms with Crippen molar-refractivity contribution in [2.75, 3.05) is 6.54 Å². The lowest BCUT2D eigenvalue weighted by atomic mass is 9.93. The van der Waals surface area contributed by atoms with Crippen LogP contribution in [0.4, 0.5) is 4.79 Å². The molecule has 1 unspecified atom stereocenters. The first-order valence-electron chi connectivity index (χ1n) is 14.4. The van der Waals surface area contributed by atoms with E-state index in [4.69, 9.17) is 4.74 Å². The number of nitrogens with zero attached hydrogens (tertiary/aromatic N) is 3. The van der Waals surface area contributed by atoms with Crippen LogP contribution in [0.15, 0.2) is 85.1 Å². The summed E-state index contributed by atoms with van der Waals surface area (Å²) in [4.78, 5) is 48.5. The molecule has 2 aromatic carbocycles. The monoisotopic (exact) mass is 582 g/mol. The van der Waals surface area contributed by atoms with Gasteiger partial charge in [-0.2, -0.15) is 0 Å². The zero-order valence-electron chi connectivity index (χ0n) is 24.8. The molecule has 0 aliphatic heterocycles. The highest BCUT2D eigenvalue weighted by molar-refractivity contribution is 6.08. The van der Waals surface area contributed by atoms with Gasteiger partial charge in [-0.05, 0) is 70.0 Å². The van der Waals surface area contributed by atoms with Crippen LogP contribution in [0, 0.1) is 5.92 Å². The Balaban J connectivity index is 1.32. The standard InChI is InChI=1S/C34H38N4O5/c1-34(2,3)43-33(42)38(23-28-10-6-7-20-36-28)22-24-13-15-26(16-14-24)31(39)29(32(40)41)11-8-19-35-21-27-18-17-25-9-4-5-12-30(25)37-27/h4-7,9-10,12-18,20,29,35H,8,11,19,21-23H2,1-3H3,(H,40,41). The molecule has 2 heterocycles. The Morgan fingerprint density at radius 2 is 1.65 bits per heavy atom. The van der Waals surface area contributed by atoms with Crippen LogP contribution in [0.25, 0.3) is 10.9 Å². The number of aromatic nitrogens is 2. The van der Waals surface area contributed by atoms with Crippen molar-refractivity contribution < 1.29 is 24.2 Å². The molecule has 0 saturated carbocycles. The largest absolute Gasteiger partial charge is 0.481 e. The van der Waals surface area contributed by atoms with Gasteiger partial charge < -0.3 is 15.2 Å². The minimum absolute atomic E-state index is 0.213. The highest BCUT2D eigenvalue weighted by Crippen LogP contribution is 2.19. The molecule has 0 radical (unpaired) electrons. The van der Waals surface area contributed by atoms with Crippen LogP contribution in [0.1, 0.15) is 60.9 Å². The first kappa shape index (κ1) is 31.3. The molecule has 43 heavy (non-hydrogen) atoms. The second-order valence-electron chi connectivity index (χ2n) is 11.4. The zero-order chi connectivity index (χ0) is 30.8. The van der Waals surface area contributed by atoms with E-state index in [0.29, 0.717) is 30.8 Å². The number of ether oxygens (including phenoxy) is 1. The average Bonchev–Trinajstić information content (AvgIpc) is 2.98. The number of carboxylic acids is 1. The third-order valence-electron chi connectivity index (χ3n) is 6.77. The summed E-state index contributed by atoms with van der Waals surface area (Å²) in [6.07, 6.45) is 1.92. The number of nitrogens with one attached hydrogen (secondary N) is 1. The van der Waals surface area contributed by atoms with E-state index in [1.54, 1.807) is 56.1 Å². The van der Waals surface area contributed by atoms with E-state index in [2.05, 4.69) is 15.3 Å².